The fourth-order valence-corrected chi connectivity index (χ4v) is 4.52. The van der Waals surface area contributed by atoms with Crippen molar-refractivity contribution in [2.24, 2.45) is 0 Å². The topological polar surface area (TPSA) is 55.8 Å². The lowest BCUT2D eigenvalue weighted by atomic mass is 9.76. The standard InChI is InChI=1S/C23H28O4Si/c1-7-11-18(28(4,5)6)16-20(26-2)23(25)21(24)19(22(23)27-3)15-14-17-12-9-8-10-13-17/h8-10,12-13,25H,7,11H2,1-6H3. The number of rotatable bonds is 6. The highest BCUT2D eigenvalue weighted by atomic mass is 28.3. The largest absolute Gasteiger partial charge is 0.496 e. The average Bonchev–Trinajstić information content (AvgIpc) is 2.67. The van der Waals surface area contributed by atoms with Gasteiger partial charge in [0, 0.05) is 5.56 Å². The second kappa shape index (κ2) is 8.66. The summed E-state index contributed by atoms with van der Waals surface area (Å²) in [6.07, 6.45) is 1.80. The zero-order chi connectivity index (χ0) is 20.9. The third-order valence-electron chi connectivity index (χ3n) is 4.62. The molecule has 0 aliphatic heterocycles. The molecule has 2 rings (SSSR count). The van der Waals surface area contributed by atoms with Gasteiger partial charge in [-0.25, -0.2) is 0 Å². The molecule has 1 aliphatic carbocycles. The normalized spacial score (nSPS) is 18.5. The van der Waals surface area contributed by atoms with Crippen LogP contribution >= 0.6 is 0 Å². The number of benzene rings is 1. The van der Waals surface area contributed by atoms with Gasteiger partial charge in [0.15, 0.2) is 11.5 Å². The molecule has 5 heteroatoms. The molecule has 0 fully saturated rings. The number of ketones is 1. The van der Waals surface area contributed by atoms with Gasteiger partial charge in [-0.2, -0.15) is 0 Å². The Bertz CT molecular complexity index is 903. The Morgan fingerprint density at radius 2 is 1.79 bits per heavy atom. The van der Waals surface area contributed by atoms with E-state index in [4.69, 9.17) is 9.47 Å². The Kier molecular flexibility index (Phi) is 6.74. The molecular weight excluding hydrogens is 368 g/mol. The molecule has 1 unspecified atom stereocenters. The predicted molar refractivity (Wildman–Crippen MR) is 113 cm³/mol. The lowest BCUT2D eigenvalue weighted by Crippen LogP contribution is -2.53. The molecule has 1 aliphatic rings. The van der Waals surface area contributed by atoms with E-state index >= 15 is 0 Å². The van der Waals surface area contributed by atoms with Crippen LogP contribution in [0.2, 0.25) is 19.6 Å². The van der Waals surface area contributed by atoms with E-state index < -0.39 is 19.5 Å². The van der Waals surface area contributed by atoms with Crippen molar-refractivity contribution in [2.75, 3.05) is 14.2 Å². The second-order valence-electron chi connectivity index (χ2n) is 7.70. The lowest BCUT2D eigenvalue weighted by Gasteiger charge is -2.36. The third kappa shape index (κ3) is 4.15. The molecular formula is C23H28O4Si. The summed E-state index contributed by atoms with van der Waals surface area (Å²) in [7, 11) is 1.16. The Labute approximate surface area is 168 Å². The van der Waals surface area contributed by atoms with Crippen molar-refractivity contribution >= 4 is 13.9 Å². The molecule has 0 saturated carbocycles. The molecule has 1 atom stereocenters. The van der Waals surface area contributed by atoms with Gasteiger partial charge in [-0.15, -0.1) is 0 Å². The molecule has 0 spiro atoms. The highest BCUT2D eigenvalue weighted by Crippen LogP contribution is 2.41. The van der Waals surface area contributed by atoms with Gasteiger partial charge in [0.2, 0.25) is 5.78 Å². The molecule has 1 aromatic carbocycles. The summed E-state index contributed by atoms with van der Waals surface area (Å²) in [6.45, 7) is 8.70. The van der Waals surface area contributed by atoms with Crippen LogP contribution in [0.25, 0.3) is 0 Å². The molecule has 1 aromatic rings. The summed E-state index contributed by atoms with van der Waals surface area (Å²) in [4.78, 5) is 12.8. The first kappa shape index (κ1) is 21.8. The molecule has 4 nitrogen and oxygen atoms in total. The van der Waals surface area contributed by atoms with E-state index in [2.05, 4.69) is 44.1 Å². The van der Waals surface area contributed by atoms with E-state index in [1.807, 2.05) is 30.3 Å². The zero-order valence-electron chi connectivity index (χ0n) is 17.5. The van der Waals surface area contributed by atoms with Gasteiger partial charge >= 0.3 is 0 Å². The van der Waals surface area contributed by atoms with Gasteiger partial charge in [0.05, 0.1) is 22.3 Å². The number of aliphatic hydroxyl groups is 1. The fourth-order valence-electron chi connectivity index (χ4n) is 3.03. The molecule has 0 radical (unpaired) electrons. The Hall–Kier alpha value is -2.51. The molecule has 28 heavy (non-hydrogen) atoms. The maximum atomic E-state index is 12.8. The molecule has 0 bridgehead atoms. The van der Waals surface area contributed by atoms with Gasteiger partial charge in [-0.3, -0.25) is 4.79 Å². The van der Waals surface area contributed by atoms with Crippen molar-refractivity contribution in [2.45, 2.75) is 45.0 Å². The van der Waals surface area contributed by atoms with Crippen LogP contribution in [-0.2, 0) is 14.3 Å². The van der Waals surface area contributed by atoms with Crippen molar-refractivity contribution < 1.29 is 19.4 Å². The predicted octanol–water partition coefficient (Wildman–Crippen LogP) is 3.99. The average molecular weight is 397 g/mol. The van der Waals surface area contributed by atoms with Gasteiger partial charge in [-0.05, 0) is 23.7 Å². The second-order valence-corrected chi connectivity index (χ2v) is 12.8. The highest BCUT2D eigenvalue weighted by molar-refractivity contribution is 6.83. The molecule has 0 heterocycles. The monoisotopic (exact) mass is 396 g/mol. The molecule has 148 valence electrons. The maximum absolute atomic E-state index is 12.8. The highest BCUT2D eigenvalue weighted by Gasteiger charge is 2.58. The minimum absolute atomic E-state index is 0.0745. The van der Waals surface area contributed by atoms with Crippen molar-refractivity contribution in [1.82, 2.24) is 0 Å². The van der Waals surface area contributed by atoms with Crippen molar-refractivity contribution in [1.29, 1.82) is 0 Å². The first-order valence-corrected chi connectivity index (χ1v) is 12.9. The van der Waals surface area contributed by atoms with Crippen LogP contribution in [0.15, 0.2) is 58.4 Å². The summed E-state index contributed by atoms with van der Waals surface area (Å²) in [5.41, 5.74) is 2.19. The van der Waals surface area contributed by atoms with Crippen LogP contribution in [-0.4, -0.2) is 38.8 Å². The number of carbonyl (C=O) groups excluding carboxylic acids is 1. The van der Waals surface area contributed by atoms with Crippen molar-refractivity contribution in [3.8, 4) is 11.8 Å². The minimum Gasteiger partial charge on any atom is -0.496 e. The fraction of sp³-hybridized carbons (Fsp3) is 0.391. The Morgan fingerprint density at radius 3 is 2.29 bits per heavy atom. The minimum atomic E-state index is -1.97. The van der Waals surface area contributed by atoms with Gasteiger partial charge in [0.25, 0.3) is 5.60 Å². The summed E-state index contributed by atoms with van der Waals surface area (Å²) in [5.74, 6) is 5.42. The number of methoxy groups -OCH3 is 2. The van der Waals surface area contributed by atoms with Crippen LogP contribution in [0, 0.1) is 11.8 Å². The summed E-state index contributed by atoms with van der Waals surface area (Å²) >= 11 is 0. The number of carbonyl (C=O) groups is 1. The first-order chi connectivity index (χ1) is 13.2. The smallest absolute Gasteiger partial charge is 0.252 e. The lowest BCUT2D eigenvalue weighted by molar-refractivity contribution is -0.138. The van der Waals surface area contributed by atoms with Gasteiger partial charge < -0.3 is 14.6 Å². The summed E-state index contributed by atoms with van der Waals surface area (Å²) < 4.78 is 10.8. The van der Waals surface area contributed by atoms with Gasteiger partial charge in [-0.1, -0.05) is 68.8 Å². The van der Waals surface area contributed by atoms with Crippen LogP contribution in [0.1, 0.15) is 25.3 Å². The maximum Gasteiger partial charge on any atom is 0.252 e. The van der Waals surface area contributed by atoms with Crippen LogP contribution in [0.3, 0.4) is 0 Å². The number of hydrogen-bond acceptors (Lipinski definition) is 4. The van der Waals surface area contributed by atoms with E-state index in [9.17, 15) is 9.90 Å². The Balaban J connectivity index is 2.57. The SMILES string of the molecule is CCCC(=C=C(OC)C1(O)C(=O)C(C#Cc2ccccc2)=C1OC)[Si](C)(C)C. The van der Waals surface area contributed by atoms with E-state index in [1.165, 1.54) is 14.2 Å². The number of Topliss-reactive ketones (excluding diaryl/α,β-unsaturated/α-hetero) is 1. The van der Waals surface area contributed by atoms with Gasteiger partial charge in [0.1, 0.15) is 5.57 Å². The molecule has 1 N–H and O–H groups in total. The molecule has 0 saturated heterocycles. The first-order valence-electron chi connectivity index (χ1n) is 9.37. The molecule has 0 aromatic heterocycles. The van der Waals surface area contributed by atoms with Crippen molar-refractivity contribution in [3.63, 3.8) is 0 Å². The van der Waals surface area contributed by atoms with Crippen LogP contribution in [0.4, 0.5) is 0 Å². The Morgan fingerprint density at radius 1 is 1.14 bits per heavy atom. The zero-order valence-corrected chi connectivity index (χ0v) is 18.5. The quantitative estimate of drug-likeness (QED) is 0.342. The van der Waals surface area contributed by atoms with Crippen molar-refractivity contribution in [3.05, 3.63) is 63.9 Å². The molecule has 0 amide bonds. The number of ether oxygens (including phenoxy) is 2. The summed E-state index contributed by atoms with van der Waals surface area (Å²) in [6, 6.07) is 9.34. The van der Waals surface area contributed by atoms with E-state index in [-0.39, 0.29) is 17.1 Å². The van der Waals surface area contributed by atoms with Crippen LogP contribution in [0.5, 0.6) is 0 Å². The number of hydrogen-bond donors (Lipinski definition) is 1. The van der Waals surface area contributed by atoms with Crippen LogP contribution < -0.4 is 0 Å². The van der Waals surface area contributed by atoms with E-state index in [0.29, 0.717) is 0 Å². The third-order valence-corrected chi connectivity index (χ3v) is 6.81. The van der Waals surface area contributed by atoms with E-state index in [0.717, 1.165) is 23.6 Å². The summed E-state index contributed by atoms with van der Waals surface area (Å²) in [5, 5.41) is 12.2. The van der Waals surface area contributed by atoms with E-state index in [1.54, 1.807) is 0 Å².